The molecule has 1 atom stereocenters. The maximum Gasteiger partial charge on any atom is 0.239 e. The van der Waals surface area contributed by atoms with E-state index in [-0.39, 0.29) is 11.2 Å². The third kappa shape index (κ3) is 5.31. The van der Waals surface area contributed by atoms with Crippen LogP contribution < -0.4 is 5.32 Å². The van der Waals surface area contributed by atoms with Gasteiger partial charge in [-0.25, -0.2) is 0 Å². The molecule has 0 bridgehead atoms. The number of aromatic nitrogens is 2. The summed E-state index contributed by atoms with van der Waals surface area (Å²) in [5.74, 6) is 0.669. The van der Waals surface area contributed by atoms with Gasteiger partial charge in [-0.3, -0.25) is 10.1 Å². The predicted octanol–water partition coefficient (Wildman–Crippen LogP) is 4.59. The van der Waals surface area contributed by atoms with Gasteiger partial charge in [0.2, 0.25) is 11.0 Å². The van der Waals surface area contributed by atoms with Gasteiger partial charge >= 0.3 is 0 Å². The molecule has 0 aliphatic rings. The molecule has 0 radical (unpaired) electrons. The highest BCUT2D eigenvalue weighted by Crippen LogP contribution is 2.28. The van der Waals surface area contributed by atoms with E-state index >= 15 is 0 Å². The molecule has 2 rings (SSSR count). The summed E-state index contributed by atoms with van der Waals surface area (Å²) in [6.07, 6.45) is 1.80. The number of rotatable bonds is 7. The van der Waals surface area contributed by atoms with Gasteiger partial charge < -0.3 is 0 Å². The molecule has 0 saturated heterocycles. The van der Waals surface area contributed by atoms with Crippen molar-refractivity contribution in [2.45, 2.75) is 21.4 Å². The first kappa shape index (κ1) is 17.3. The van der Waals surface area contributed by atoms with Crippen molar-refractivity contribution >= 4 is 57.5 Å². The Bertz CT molecular complexity index is 645. The summed E-state index contributed by atoms with van der Waals surface area (Å²) in [6.45, 7) is 5.50. The summed E-state index contributed by atoms with van der Waals surface area (Å²) in [7, 11) is 0. The van der Waals surface area contributed by atoms with Gasteiger partial charge in [-0.05, 0) is 31.2 Å². The van der Waals surface area contributed by atoms with E-state index in [9.17, 15) is 4.79 Å². The Labute approximate surface area is 146 Å². The summed E-state index contributed by atoms with van der Waals surface area (Å²) < 4.78 is 0.813. The molecule has 4 nitrogen and oxygen atoms in total. The fourth-order valence-corrected chi connectivity index (χ4v) is 3.94. The molecular formula is C14H14ClN3OS3. The van der Waals surface area contributed by atoms with Gasteiger partial charge in [0.1, 0.15) is 0 Å². The second-order valence-electron chi connectivity index (χ2n) is 4.18. The van der Waals surface area contributed by atoms with Gasteiger partial charge in [-0.15, -0.1) is 28.5 Å². The molecule has 116 valence electrons. The number of thioether (sulfide) groups is 2. The minimum atomic E-state index is -0.241. The molecular weight excluding hydrogens is 358 g/mol. The van der Waals surface area contributed by atoms with Gasteiger partial charge in [0.05, 0.1) is 5.25 Å². The molecule has 0 spiro atoms. The number of carbonyl (C=O) groups is 1. The number of nitrogens with zero attached hydrogens (tertiary/aromatic N) is 2. The lowest BCUT2D eigenvalue weighted by molar-refractivity contribution is -0.115. The Morgan fingerprint density at radius 1 is 1.45 bits per heavy atom. The van der Waals surface area contributed by atoms with Crippen LogP contribution in [0.25, 0.3) is 0 Å². The third-order valence-electron chi connectivity index (χ3n) is 2.46. The van der Waals surface area contributed by atoms with Crippen molar-refractivity contribution < 1.29 is 4.79 Å². The van der Waals surface area contributed by atoms with E-state index in [1.807, 2.05) is 31.2 Å². The molecule has 8 heteroatoms. The van der Waals surface area contributed by atoms with Crippen LogP contribution in [0, 0.1) is 0 Å². The molecule has 0 aliphatic carbocycles. The second-order valence-corrected chi connectivity index (χ2v) is 8.27. The average Bonchev–Trinajstić information content (AvgIpc) is 2.95. The molecule has 1 aromatic carbocycles. The zero-order valence-corrected chi connectivity index (χ0v) is 15.0. The van der Waals surface area contributed by atoms with Gasteiger partial charge in [-0.1, -0.05) is 40.8 Å². The average molecular weight is 372 g/mol. The third-order valence-corrected chi connectivity index (χ3v) is 5.79. The van der Waals surface area contributed by atoms with Crippen LogP contribution in [0.4, 0.5) is 5.13 Å². The van der Waals surface area contributed by atoms with E-state index in [4.69, 9.17) is 11.6 Å². The van der Waals surface area contributed by atoms with Crippen molar-refractivity contribution in [1.82, 2.24) is 10.2 Å². The van der Waals surface area contributed by atoms with E-state index in [0.29, 0.717) is 10.2 Å². The molecule has 0 aliphatic heterocycles. The van der Waals surface area contributed by atoms with Crippen molar-refractivity contribution in [3.8, 4) is 0 Å². The van der Waals surface area contributed by atoms with Crippen LogP contribution in [0.5, 0.6) is 0 Å². The number of hydrogen-bond acceptors (Lipinski definition) is 6. The van der Waals surface area contributed by atoms with Crippen LogP contribution >= 0.6 is 46.5 Å². The Hall–Kier alpha value is -1.02. The largest absolute Gasteiger partial charge is 0.300 e. The zero-order valence-electron chi connectivity index (χ0n) is 11.8. The summed E-state index contributed by atoms with van der Waals surface area (Å²) in [6, 6.07) is 7.41. The van der Waals surface area contributed by atoms with Crippen LogP contribution in [0.1, 0.15) is 6.92 Å². The first-order valence-electron chi connectivity index (χ1n) is 6.39. The molecule has 1 heterocycles. The van der Waals surface area contributed by atoms with E-state index in [1.165, 1.54) is 34.9 Å². The molecule has 0 saturated carbocycles. The molecule has 1 N–H and O–H groups in total. The van der Waals surface area contributed by atoms with Crippen LogP contribution in [-0.2, 0) is 4.79 Å². The summed E-state index contributed by atoms with van der Waals surface area (Å²) in [5.41, 5.74) is 0. The lowest BCUT2D eigenvalue weighted by Crippen LogP contribution is -2.22. The summed E-state index contributed by atoms with van der Waals surface area (Å²) in [4.78, 5) is 13.2. The lowest BCUT2D eigenvalue weighted by Gasteiger charge is -2.10. The van der Waals surface area contributed by atoms with Crippen molar-refractivity contribution in [1.29, 1.82) is 0 Å². The number of anilines is 1. The van der Waals surface area contributed by atoms with E-state index < -0.39 is 0 Å². The molecule has 2 aromatic rings. The topological polar surface area (TPSA) is 54.9 Å². The molecule has 22 heavy (non-hydrogen) atoms. The highest BCUT2D eigenvalue weighted by atomic mass is 35.5. The number of nitrogens with one attached hydrogen (secondary N) is 1. The van der Waals surface area contributed by atoms with Gasteiger partial charge in [-0.2, -0.15) is 0 Å². The number of carbonyl (C=O) groups excluding carboxylic acids is 1. The Morgan fingerprint density at radius 2 is 2.18 bits per heavy atom. The standard InChI is InChI=1S/C14H14ClN3OS3/c1-3-8-20-14-18-17-13(22-14)16-12(19)9(2)21-11-6-4-10(15)5-7-11/h3-7,9H,1,8H2,2H3,(H,16,17,19)/t9-/m0/s1. The van der Waals surface area contributed by atoms with Gasteiger partial charge in [0.15, 0.2) is 4.34 Å². The Balaban J connectivity index is 1.89. The Morgan fingerprint density at radius 3 is 2.86 bits per heavy atom. The zero-order chi connectivity index (χ0) is 15.9. The molecule has 1 amide bonds. The molecule has 1 aromatic heterocycles. The highest BCUT2D eigenvalue weighted by molar-refractivity contribution is 8.01. The van der Waals surface area contributed by atoms with Gasteiger partial charge in [0.25, 0.3) is 0 Å². The molecule has 0 unspecified atom stereocenters. The first-order valence-corrected chi connectivity index (χ1v) is 9.44. The number of amides is 1. The monoisotopic (exact) mass is 371 g/mol. The van der Waals surface area contributed by atoms with Crippen molar-refractivity contribution in [2.24, 2.45) is 0 Å². The van der Waals surface area contributed by atoms with Crippen LogP contribution in [0.3, 0.4) is 0 Å². The van der Waals surface area contributed by atoms with E-state index in [1.54, 1.807) is 6.08 Å². The van der Waals surface area contributed by atoms with Crippen LogP contribution in [-0.4, -0.2) is 27.1 Å². The number of halogens is 1. The molecule has 0 fully saturated rings. The van der Waals surface area contributed by atoms with Gasteiger partial charge in [0, 0.05) is 15.7 Å². The smallest absolute Gasteiger partial charge is 0.239 e. The summed E-state index contributed by atoms with van der Waals surface area (Å²) in [5, 5.41) is 11.7. The Kier molecular flexibility index (Phi) is 6.75. The van der Waals surface area contributed by atoms with Crippen LogP contribution in [0.2, 0.25) is 5.02 Å². The number of benzene rings is 1. The first-order chi connectivity index (χ1) is 10.6. The minimum absolute atomic E-state index is 0.101. The lowest BCUT2D eigenvalue weighted by atomic mass is 10.4. The predicted molar refractivity (Wildman–Crippen MR) is 96.2 cm³/mol. The SMILES string of the molecule is C=CCSc1nnc(NC(=O)[C@H](C)Sc2ccc(Cl)cc2)s1. The minimum Gasteiger partial charge on any atom is -0.300 e. The fraction of sp³-hybridized carbons (Fsp3) is 0.214. The van der Waals surface area contributed by atoms with E-state index in [2.05, 4.69) is 22.1 Å². The number of hydrogen-bond donors (Lipinski definition) is 1. The van der Waals surface area contributed by atoms with Crippen molar-refractivity contribution in [3.05, 3.63) is 41.9 Å². The summed E-state index contributed by atoms with van der Waals surface area (Å²) >= 11 is 10.2. The maximum absolute atomic E-state index is 12.2. The van der Waals surface area contributed by atoms with Crippen molar-refractivity contribution in [2.75, 3.05) is 11.1 Å². The van der Waals surface area contributed by atoms with E-state index in [0.717, 1.165) is 15.0 Å². The van der Waals surface area contributed by atoms with Crippen LogP contribution in [0.15, 0.2) is 46.2 Å². The highest BCUT2D eigenvalue weighted by Gasteiger charge is 2.16. The quantitative estimate of drug-likeness (QED) is 0.438. The normalized spacial score (nSPS) is 11.9. The van der Waals surface area contributed by atoms with Crippen molar-refractivity contribution in [3.63, 3.8) is 0 Å². The fourth-order valence-electron chi connectivity index (χ4n) is 1.43. The second kappa shape index (κ2) is 8.57. The maximum atomic E-state index is 12.2.